The van der Waals surface area contributed by atoms with E-state index in [2.05, 4.69) is 10.3 Å². The summed E-state index contributed by atoms with van der Waals surface area (Å²) in [6, 6.07) is 3.97. The maximum Gasteiger partial charge on any atom is 0.435 e. The first-order valence-corrected chi connectivity index (χ1v) is 11.8. The van der Waals surface area contributed by atoms with Gasteiger partial charge in [-0.05, 0) is 24.3 Å². The summed E-state index contributed by atoms with van der Waals surface area (Å²) in [6.07, 6.45) is -5.24. The second-order valence-corrected chi connectivity index (χ2v) is 10.2. The average molecular weight is 603 g/mol. The highest BCUT2D eigenvalue weighted by Crippen LogP contribution is 2.38. The van der Waals surface area contributed by atoms with Crippen LogP contribution in [0.1, 0.15) is 16.2 Å². The molecule has 0 saturated heterocycles. The van der Waals surface area contributed by atoms with Crippen LogP contribution in [0, 0.1) is 0 Å². The molecule has 0 bridgehead atoms. The molecule has 0 aliphatic heterocycles. The van der Waals surface area contributed by atoms with Gasteiger partial charge in [-0.25, -0.2) is 17.8 Å². The standard InChI is InChI=1S/C16H5Cl6F3N4O3S/c17-5-1-9(21)13(10(22)2-5)29-14(16(23,24)25)12(26-28-29)15(30)27-33(31,32)11-4-7(19)6(18)3-8(11)20/h1-4H,(H,27,30). The van der Waals surface area contributed by atoms with Crippen LogP contribution in [0.3, 0.4) is 0 Å². The maximum atomic E-state index is 13.9. The summed E-state index contributed by atoms with van der Waals surface area (Å²) in [5.74, 6) is -1.77. The van der Waals surface area contributed by atoms with Crippen LogP contribution in [0.25, 0.3) is 5.69 Å². The highest BCUT2D eigenvalue weighted by Gasteiger charge is 2.43. The van der Waals surface area contributed by atoms with E-state index in [4.69, 9.17) is 69.6 Å². The van der Waals surface area contributed by atoms with Gasteiger partial charge in [0, 0.05) is 5.02 Å². The van der Waals surface area contributed by atoms with Crippen molar-refractivity contribution < 1.29 is 26.4 Å². The molecule has 0 fully saturated rings. The van der Waals surface area contributed by atoms with Gasteiger partial charge in [0.25, 0.3) is 15.9 Å². The lowest BCUT2D eigenvalue weighted by Gasteiger charge is -2.14. The summed E-state index contributed by atoms with van der Waals surface area (Å²) in [7, 11) is -4.81. The van der Waals surface area contributed by atoms with E-state index in [1.165, 1.54) is 4.72 Å². The van der Waals surface area contributed by atoms with Gasteiger partial charge in [-0.2, -0.15) is 13.2 Å². The van der Waals surface area contributed by atoms with Crippen molar-refractivity contribution in [2.75, 3.05) is 0 Å². The zero-order chi connectivity index (χ0) is 24.9. The summed E-state index contributed by atoms with van der Waals surface area (Å²) < 4.78 is 68.3. The van der Waals surface area contributed by atoms with Crippen molar-refractivity contribution in [3.05, 3.63) is 65.8 Å². The van der Waals surface area contributed by atoms with Gasteiger partial charge < -0.3 is 0 Å². The topological polar surface area (TPSA) is 93.9 Å². The fourth-order valence-electron chi connectivity index (χ4n) is 2.52. The Bertz CT molecular complexity index is 1370. The third-order valence-corrected chi connectivity index (χ3v) is 7.15. The molecule has 17 heteroatoms. The number of hydrogen-bond donors (Lipinski definition) is 1. The first-order chi connectivity index (χ1) is 15.1. The molecule has 7 nitrogen and oxygen atoms in total. The number of hydrogen-bond acceptors (Lipinski definition) is 5. The van der Waals surface area contributed by atoms with Crippen LogP contribution in [0.5, 0.6) is 0 Å². The molecular weight excluding hydrogens is 598 g/mol. The Morgan fingerprint density at radius 2 is 1.42 bits per heavy atom. The molecule has 1 N–H and O–H groups in total. The quantitative estimate of drug-likeness (QED) is 0.353. The van der Waals surface area contributed by atoms with Crippen LogP contribution in [0.2, 0.25) is 30.1 Å². The number of halogens is 9. The molecule has 1 heterocycles. The van der Waals surface area contributed by atoms with Crippen molar-refractivity contribution in [2.24, 2.45) is 0 Å². The van der Waals surface area contributed by atoms with Gasteiger partial charge in [-0.1, -0.05) is 74.8 Å². The number of carbonyl (C=O) groups excluding carboxylic acids is 1. The van der Waals surface area contributed by atoms with Crippen LogP contribution in [-0.2, 0) is 16.2 Å². The summed E-state index contributed by atoms with van der Waals surface area (Å²) in [6.45, 7) is 0. The molecular formula is C16H5Cl6F3N4O3S. The van der Waals surface area contributed by atoms with Gasteiger partial charge in [0.2, 0.25) is 0 Å². The van der Waals surface area contributed by atoms with Gasteiger partial charge in [0.15, 0.2) is 11.4 Å². The Hall–Kier alpha value is -1.47. The number of rotatable bonds is 4. The first-order valence-electron chi connectivity index (χ1n) is 8.03. The number of nitrogens with one attached hydrogen (secondary N) is 1. The van der Waals surface area contributed by atoms with Gasteiger partial charge in [0.1, 0.15) is 10.6 Å². The highest BCUT2D eigenvalue weighted by molar-refractivity contribution is 7.90. The molecule has 2 aromatic carbocycles. The highest BCUT2D eigenvalue weighted by atomic mass is 35.5. The van der Waals surface area contributed by atoms with Gasteiger partial charge in [0.05, 0.1) is 25.1 Å². The van der Waals surface area contributed by atoms with Crippen molar-refractivity contribution in [1.29, 1.82) is 0 Å². The Kier molecular flexibility index (Phi) is 7.36. The predicted molar refractivity (Wildman–Crippen MR) is 118 cm³/mol. The maximum absolute atomic E-state index is 13.9. The number of aromatic nitrogens is 3. The van der Waals surface area contributed by atoms with Crippen molar-refractivity contribution in [2.45, 2.75) is 11.1 Å². The van der Waals surface area contributed by atoms with Gasteiger partial charge in [-0.15, -0.1) is 5.10 Å². The third kappa shape index (κ3) is 5.29. The van der Waals surface area contributed by atoms with E-state index in [-0.39, 0.29) is 29.8 Å². The Labute approximate surface area is 213 Å². The van der Waals surface area contributed by atoms with E-state index >= 15 is 0 Å². The minimum Gasteiger partial charge on any atom is -0.266 e. The Morgan fingerprint density at radius 1 is 0.879 bits per heavy atom. The smallest absolute Gasteiger partial charge is 0.266 e. The summed E-state index contributed by atoms with van der Waals surface area (Å²) in [5.41, 5.74) is -3.62. The molecule has 1 amide bonds. The molecule has 33 heavy (non-hydrogen) atoms. The number of carbonyl (C=O) groups is 1. The number of nitrogens with zero attached hydrogens (tertiary/aromatic N) is 3. The zero-order valence-corrected chi connectivity index (χ0v) is 20.5. The van der Waals surface area contributed by atoms with Gasteiger partial charge >= 0.3 is 6.18 Å². The minimum atomic E-state index is -5.24. The fourth-order valence-corrected chi connectivity index (χ4v) is 5.45. The number of sulfonamides is 1. The zero-order valence-electron chi connectivity index (χ0n) is 15.2. The minimum absolute atomic E-state index is 0.0185. The van der Waals surface area contributed by atoms with E-state index in [0.29, 0.717) is 0 Å². The molecule has 0 aliphatic rings. The van der Waals surface area contributed by atoms with Crippen molar-refractivity contribution in [1.82, 2.24) is 19.7 Å². The predicted octanol–water partition coefficient (Wildman–Crippen LogP) is 6.33. The monoisotopic (exact) mass is 600 g/mol. The lowest BCUT2D eigenvalue weighted by atomic mass is 10.2. The molecule has 3 aromatic rings. The summed E-state index contributed by atoms with van der Waals surface area (Å²) in [4.78, 5) is 11.8. The SMILES string of the molecule is O=C(NS(=O)(=O)c1cc(Cl)c(Cl)cc1Cl)c1nnn(-c2c(Cl)cc(Cl)cc2Cl)c1C(F)(F)F. The van der Waals surface area contributed by atoms with E-state index in [0.717, 1.165) is 24.3 Å². The molecule has 176 valence electrons. The molecule has 3 rings (SSSR count). The molecule has 0 radical (unpaired) electrons. The van der Waals surface area contributed by atoms with E-state index < -0.39 is 49.1 Å². The second kappa shape index (κ2) is 9.29. The second-order valence-electron chi connectivity index (χ2n) is 6.05. The first kappa shape index (κ1) is 26.1. The molecule has 0 spiro atoms. The van der Waals surface area contributed by atoms with Gasteiger partial charge in [-0.3, -0.25) is 4.79 Å². The molecule has 0 atom stereocenters. The molecule has 0 saturated carbocycles. The summed E-state index contributed by atoms with van der Waals surface area (Å²) in [5, 5.41) is 5.03. The van der Waals surface area contributed by atoms with E-state index in [9.17, 15) is 26.4 Å². The van der Waals surface area contributed by atoms with E-state index in [1.807, 2.05) is 0 Å². The van der Waals surface area contributed by atoms with Crippen molar-refractivity contribution in [3.8, 4) is 5.69 Å². The van der Waals surface area contributed by atoms with Crippen LogP contribution < -0.4 is 4.72 Å². The van der Waals surface area contributed by atoms with Crippen molar-refractivity contribution in [3.63, 3.8) is 0 Å². The summed E-state index contributed by atoms with van der Waals surface area (Å²) >= 11 is 35.0. The molecule has 0 unspecified atom stereocenters. The van der Waals surface area contributed by atoms with Crippen molar-refractivity contribution >= 4 is 85.5 Å². The molecule has 1 aromatic heterocycles. The number of amides is 1. The fraction of sp³-hybridized carbons (Fsp3) is 0.0625. The largest absolute Gasteiger partial charge is 0.435 e. The normalized spacial score (nSPS) is 12.2. The lowest BCUT2D eigenvalue weighted by molar-refractivity contribution is -0.143. The Morgan fingerprint density at radius 3 is 1.97 bits per heavy atom. The van der Waals surface area contributed by atoms with Crippen LogP contribution >= 0.6 is 69.6 Å². The number of alkyl halides is 3. The van der Waals surface area contributed by atoms with E-state index in [1.54, 1.807) is 0 Å². The third-order valence-electron chi connectivity index (χ3n) is 3.84. The van der Waals surface area contributed by atoms with Crippen LogP contribution in [-0.4, -0.2) is 29.3 Å². The van der Waals surface area contributed by atoms with Crippen LogP contribution in [0.4, 0.5) is 13.2 Å². The molecule has 0 aliphatic carbocycles. The Balaban J connectivity index is 2.11. The number of benzene rings is 2. The van der Waals surface area contributed by atoms with Crippen LogP contribution in [0.15, 0.2) is 29.2 Å². The lowest BCUT2D eigenvalue weighted by Crippen LogP contribution is -2.33. The average Bonchev–Trinajstić information content (AvgIpc) is 3.08.